The molecule has 1 aromatic heterocycles. The van der Waals surface area contributed by atoms with Gasteiger partial charge in [0.1, 0.15) is 0 Å². The number of nitrogens with one attached hydrogen (secondary N) is 1. The molecule has 1 aromatic rings. The molecular formula is C13H22N2S. The van der Waals surface area contributed by atoms with E-state index in [9.17, 15) is 0 Å². The Kier molecular flexibility index (Phi) is 7.26. The van der Waals surface area contributed by atoms with E-state index in [0.717, 1.165) is 13.0 Å². The van der Waals surface area contributed by atoms with Gasteiger partial charge in [0.25, 0.3) is 0 Å². The molecular weight excluding hydrogens is 216 g/mol. The number of nitrogens with zero attached hydrogens (tertiary/aromatic N) is 1. The Morgan fingerprint density at radius 3 is 2.94 bits per heavy atom. The molecule has 0 aromatic carbocycles. The Hall–Kier alpha value is -0.540. The SMILES string of the molecule is CCCNC(CSCC)Cc1cccnc1. The molecule has 0 amide bonds. The number of thioether (sulfide) groups is 1. The van der Waals surface area contributed by atoms with Gasteiger partial charge in [0.05, 0.1) is 0 Å². The lowest BCUT2D eigenvalue weighted by molar-refractivity contribution is 0.549. The molecule has 1 rings (SSSR count). The standard InChI is InChI=1S/C13H22N2S/c1-3-7-15-13(11-16-4-2)9-12-6-5-8-14-10-12/h5-6,8,10,13,15H,3-4,7,9,11H2,1-2H3. The number of hydrogen-bond donors (Lipinski definition) is 1. The van der Waals surface area contributed by atoms with Crippen molar-refractivity contribution in [3.8, 4) is 0 Å². The average Bonchev–Trinajstić information content (AvgIpc) is 2.34. The van der Waals surface area contributed by atoms with E-state index in [1.165, 1.54) is 23.5 Å². The smallest absolute Gasteiger partial charge is 0.0300 e. The zero-order valence-corrected chi connectivity index (χ0v) is 11.1. The molecule has 90 valence electrons. The minimum atomic E-state index is 0.578. The molecule has 0 bridgehead atoms. The van der Waals surface area contributed by atoms with E-state index >= 15 is 0 Å². The molecule has 0 saturated carbocycles. The second-order valence-corrected chi connectivity index (χ2v) is 5.19. The van der Waals surface area contributed by atoms with Crippen molar-refractivity contribution >= 4 is 11.8 Å². The number of hydrogen-bond acceptors (Lipinski definition) is 3. The predicted octanol–water partition coefficient (Wildman–Crippen LogP) is 2.75. The summed E-state index contributed by atoms with van der Waals surface area (Å²) in [5.74, 6) is 2.38. The first kappa shape index (κ1) is 13.5. The van der Waals surface area contributed by atoms with Crippen LogP contribution in [0.4, 0.5) is 0 Å². The molecule has 0 fully saturated rings. The van der Waals surface area contributed by atoms with Crippen molar-refractivity contribution in [1.29, 1.82) is 0 Å². The molecule has 0 aliphatic carbocycles. The number of pyridine rings is 1. The van der Waals surface area contributed by atoms with Gasteiger partial charge < -0.3 is 5.32 Å². The van der Waals surface area contributed by atoms with Crippen LogP contribution in [0, 0.1) is 0 Å². The highest BCUT2D eigenvalue weighted by molar-refractivity contribution is 7.99. The van der Waals surface area contributed by atoms with Crippen molar-refractivity contribution in [1.82, 2.24) is 10.3 Å². The molecule has 0 saturated heterocycles. The molecule has 1 heterocycles. The van der Waals surface area contributed by atoms with E-state index in [4.69, 9.17) is 0 Å². The van der Waals surface area contributed by atoms with Crippen LogP contribution in [-0.4, -0.2) is 29.1 Å². The summed E-state index contributed by atoms with van der Waals surface area (Å²) in [5, 5.41) is 3.60. The number of aromatic nitrogens is 1. The molecule has 1 atom stereocenters. The van der Waals surface area contributed by atoms with Crippen LogP contribution in [0.3, 0.4) is 0 Å². The third kappa shape index (κ3) is 5.52. The normalized spacial score (nSPS) is 12.6. The fourth-order valence-corrected chi connectivity index (χ4v) is 2.36. The van der Waals surface area contributed by atoms with E-state index in [0.29, 0.717) is 6.04 Å². The summed E-state index contributed by atoms with van der Waals surface area (Å²) >= 11 is 2.00. The lowest BCUT2D eigenvalue weighted by Gasteiger charge is -2.17. The highest BCUT2D eigenvalue weighted by Gasteiger charge is 2.08. The van der Waals surface area contributed by atoms with E-state index in [-0.39, 0.29) is 0 Å². The Labute approximate surface area is 103 Å². The van der Waals surface area contributed by atoms with Gasteiger partial charge >= 0.3 is 0 Å². The molecule has 1 N–H and O–H groups in total. The molecule has 3 heteroatoms. The van der Waals surface area contributed by atoms with Crippen LogP contribution in [0.2, 0.25) is 0 Å². The van der Waals surface area contributed by atoms with Crippen molar-refractivity contribution in [2.24, 2.45) is 0 Å². The van der Waals surface area contributed by atoms with Crippen LogP contribution in [0.5, 0.6) is 0 Å². The van der Waals surface area contributed by atoms with Crippen molar-refractivity contribution < 1.29 is 0 Å². The fraction of sp³-hybridized carbons (Fsp3) is 0.615. The van der Waals surface area contributed by atoms with Gasteiger partial charge in [-0.1, -0.05) is 19.9 Å². The van der Waals surface area contributed by atoms with Crippen LogP contribution >= 0.6 is 11.8 Å². The molecule has 16 heavy (non-hydrogen) atoms. The lowest BCUT2D eigenvalue weighted by Crippen LogP contribution is -2.34. The van der Waals surface area contributed by atoms with E-state index < -0.39 is 0 Å². The van der Waals surface area contributed by atoms with Gasteiger partial charge in [0, 0.05) is 24.2 Å². The third-order valence-corrected chi connectivity index (χ3v) is 3.46. The topological polar surface area (TPSA) is 24.9 Å². The Bertz CT molecular complexity index is 256. The quantitative estimate of drug-likeness (QED) is 0.754. The zero-order valence-electron chi connectivity index (χ0n) is 10.3. The largest absolute Gasteiger partial charge is 0.313 e. The maximum atomic E-state index is 4.16. The first-order valence-corrected chi connectivity index (χ1v) is 7.22. The van der Waals surface area contributed by atoms with Gasteiger partial charge in [-0.25, -0.2) is 0 Å². The molecule has 0 spiro atoms. The van der Waals surface area contributed by atoms with Crippen LogP contribution in [-0.2, 0) is 6.42 Å². The first-order valence-electron chi connectivity index (χ1n) is 6.06. The average molecular weight is 238 g/mol. The lowest BCUT2D eigenvalue weighted by atomic mass is 10.1. The van der Waals surface area contributed by atoms with Gasteiger partial charge in [-0.05, 0) is 36.8 Å². The highest BCUT2D eigenvalue weighted by atomic mass is 32.2. The Morgan fingerprint density at radius 2 is 2.31 bits per heavy atom. The van der Waals surface area contributed by atoms with Gasteiger partial charge in [-0.3, -0.25) is 4.98 Å². The van der Waals surface area contributed by atoms with Crippen LogP contribution in [0.25, 0.3) is 0 Å². The second-order valence-electron chi connectivity index (χ2n) is 3.88. The van der Waals surface area contributed by atoms with Crippen molar-refractivity contribution in [3.63, 3.8) is 0 Å². The monoisotopic (exact) mass is 238 g/mol. The molecule has 2 nitrogen and oxygen atoms in total. The van der Waals surface area contributed by atoms with E-state index in [1.807, 2.05) is 30.2 Å². The summed E-state index contributed by atoms with van der Waals surface area (Å²) in [6.07, 6.45) is 6.08. The summed E-state index contributed by atoms with van der Waals surface area (Å²) < 4.78 is 0. The predicted molar refractivity (Wildman–Crippen MR) is 73.0 cm³/mol. The first-order chi connectivity index (χ1) is 7.86. The summed E-state index contributed by atoms with van der Waals surface area (Å²) in [6.45, 7) is 5.53. The minimum Gasteiger partial charge on any atom is -0.313 e. The molecule has 1 unspecified atom stereocenters. The minimum absolute atomic E-state index is 0.578. The molecule has 0 radical (unpaired) electrons. The maximum Gasteiger partial charge on any atom is 0.0300 e. The van der Waals surface area contributed by atoms with Crippen LogP contribution in [0.15, 0.2) is 24.5 Å². The fourth-order valence-electron chi connectivity index (χ4n) is 1.60. The van der Waals surface area contributed by atoms with Crippen molar-refractivity contribution in [3.05, 3.63) is 30.1 Å². The van der Waals surface area contributed by atoms with E-state index in [2.05, 4.69) is 30.2 Å². The van der Waals surface area contributed by atoms with Crippen molar-refractivity contribution in [2.75, 3.05) is 18.1 Å². The second kappa shape index (κ2) is 8.59. The summed E-state index contributed by atoms with van der Waals surface area (Å²) in [7, 11) is 0. The Balaban J connectivity index is 2.42. The van der Waals surface area contributed by atoms with Gasteiger partial charge in [0.2, 0.25) is 0 Å². The Morgan fingerprint density at radius 1 is 1.44 bits per heavy atom. The van der Waals surface area contributed by atoms with Crippen LogP contribution < -0.4 is 5.32 Å². The summed E-state index contributed by atoms with van der Waals surface area (Å²) in [6, 6.07) is 4.75. The molecule has 0 aliphatic rings. The number of rotatable bonds is 8. The van der Waals surface area contributed by atoms with Gasteiger partial charge in [-0.2, -0.15) is 11.8 Å². The third-order valence-electron chi connectivity index (χ3n) is 2.41. The van der Waals surface area contributed by atoms with Gasteiger partial charge in [0.15, 0.2) is 0 Å². The van der Waals surface area contributed by atoms with Crippen LogP contribution in [0.1, 0.15) is 25.8 Å². The zero-order chi connectivity index (χ0) is 11.6. The van der Waals surface area contributed by atoms with E-state index in [1.54, 1.807) is 0 Å². The maximum absolute atomic E-state index is 4.16. The summed E-state index contributed by atoms with van der Waals surface area (Å²) in [4.78, 5) is 4.16. The summed E-state index contributed by atoms with van der Waals surface area (Å²) in [5.41, 5.74) is 1.33. The van der Waals surface area contributed by atoms with Crippen molar-refractivity contribution in [2.45, 2.75) is 32.7 Å². The molecule has 0 aliphatic heterocycles. The van der Waals surface area contributed by atoms with Gasteiger partial charge in [-0.15, -0.1) is 0 Å². The highest BCUT2D eigenvalue weighted by Crippen LogP contribution is 2.08.